The lowest BCUT2D eigenvalue weighted by Crippen LogP contribution is -2.31. The molecule has 116 valence electrons. The van der Waals surface area contributed by atoms with E-state index in [0.29, 0.717) is 6.04 Å². The van der Waals surface area contributed by atoms with Gasteiger partial charge in [-0.25, -0.2) is 4.98 Å². The summed E-state index contributed by atoms with van der Waals surface area (Å²) < 4.78 is 1.31. The van der Waals surface area contributed by atoms with Crippen molar-refractivity contribution in [2.75, 3.05) is 6.54 Å². The fourth-order valence-corrected chi connectivity index (χ4v) is 3.71. The van der Waals surface area contributed by atoms with Gasteiger partial charge < -0.3 is 5.32 Å². The normalized spacial score (nSPS) is 12.9. The minimum absolute atomic E-state index is 0.586. The smallest absolute Gasteiger partial charge is 0.0954 e. The van der Waals surface area contributed by atoms with Crippen LogP contribution in [0.25, 0.3) is 10.2 Å². The second-order valence-electron chi connectivity index (χ2n) is 5.78. The molecule has 0 spiro atoms. The van der Waals surface area contributed by atoms with E-state index in [4.69, 9.17) is 4.98 Å². The number of thiazole rings is 1. The number of aromatic nitrogens is 1. The van der Waals surface area contributed by atoms with Crippen LogP contribution in [0.5, 0.6) is 0 Å². The van der Waals surface area contributed by atoms with Crippen molar-refractivity contribution in [1.82, 2.24) is 10.3 Å². The zero-order chi connectivity index (χ0) is 14.9. The van der Waals surface area contributed by atoms with Gasteiger partial charge in [-0.15, -0.1) is 11.3 Å². The summed E-state index contributed by atoms with van der Waals surface area (Å²) in [5, 5.41) is 4.98. The van der Waals surface area contributed by atoms with Crippen molar-refractivity contribution in [3.8, 4) is 0 Å². The Morgan fingerprint density at radius 1 is 1.10 bits per heavy atom. The van der Waals surface area contributed by atoms with Crippen LogP contribution in [-0.2, 0) is 6.42 Å². The number of hydrogen-bond acceptors (Lipinski definition) is 3. The molecule has 0 bridgehead atoms. The van der Waals surface area contributed by atoms with Gasteiger partial charge in [0.05, 0.1) is 15.2 Å². The van der Waals surface area contributed by atoms with Crippen molar-refractivity contribution < 1.29 is 0 Å². The summed E-state index contributed by atoms with van der Waals surface area (Å²) in [6, 6.07) is 9.05. The van der Waals surface area contributed by atoms with E-state index in [0.717, 1.165) is 18.5 Å². The van der Waals surface area contributed by atoms with Crippen LogP contribution in [0, 0.1) is 0 Å². The molecule has 1 atom stereocenters. The van der Waals surface area contributed by atoms with Crippen molar-refractivity contribution in [2.24, 2.45) is 0 Å². The maximum absolute atomic E-state index is 4.78. The molecule has 0 saturated heterocycles. The molecule has 0 aliphatic heterocycles. The molecule has 1 unspecified atom stereocenters. The first kappa shape index (κ1) is 16.4. The summed E-state index contributed by atoms with van der Waals surface area (Å²) in [6.45, 7) is 5.62. The maximum Gasteiger partial charge on any atom is 0.0954 e. The van der Waals surface area contributed by atoms with Crippen molar-refractivity contribution in [2.45, 2.75) is 64.8 Å². The first-order valence-corrected chi connectivity index (χ1v) is 9.23. The minimum atomic E-state index is 0.586. The van der Waals surface area contributed by atoms with Gasteiger partial charge in [0.2, 0.25) is 0 Å². The molecule has 0 aliphatic rings. The van der Waals surface area contributed by atoms with Crippen LogP contribution in [0.15, 0.2) is 24.3 Å². The predicted octanol–water partition coefficient (Wildman–Crippen LogP) is 5.18. The lowest BCUT2D eigenvalue weighted by atomic mass is 10.0. The van der Waals surface area contributed by atoms with E-state index in [1.807, 2.05) is 11.3 Å². The summed E-state index contributed by atoms with van der Waals surface area (Å²) in [4.78, 5) is 4.78. The highest BCUT2D eigenvalue weighted by atomic mass is 32.1. The van der Waals surface area contributed by atoms with Gasteiger partial charge in [-0.1, -0.05) is 51.7 Å². The van der Waals surface area contributed by atoms with Gasteiger partial charge in [0.1, 0.15) is 0 Å². The molecule has 1 N–H and O–H groups in total. The highest BCUT2D eigenvalue weighted by Crippen LogP contribution is 2.23. The zero-order valence-corrected chi connectivity index (χ0v) is 14.2. The zero-order valence-electron chi connectivity index (χ0n) is 13.4. The third-order valence-electron chi connectivity index (χ3n) is 3.85. The third-order valence-corrected chi connectivity index (χ3v) is 4.91. The predicted molar refractivity (Wildman–Crippen MR) is 94.2 cm³/mol. The van der Waals surface area contributed by atoms with E-state index in [1.165, 1.54) is 48.2 Å². The number of nitrogens with zero attached hydrogens (tertiary/aromatic N) is 1. The number of hydrogen-bond donors (Lipinski definition) is 1. The van der Waals surface area contributed by atoms with Gasteiger partial charge in [-0.2, -0.15) is 0 Å². The Balaban J connectivity index is 1.92. The molecule has 3 heteroatoms. The average molecular weight is 305 g/mol. The van der Waals surface area contributed by atoms with Gasteiger partial charge in [-0.05, 0) is 31.5 Å². The van der Waals surface area contributed by atoms with E-state index in [9.17, 15) is 0 Å². The van der Waals surface area contributed by atoms with Crippen LogP contribution < -0.4 is 5.32 Å². The van der Waals surface area contributed by atoms with Crippen LogP contribution in [0.1, 0.15) is 57.4 Å². The van der Waals surface area contributed by atoms with E-state index in [1.54, 1.807) is 0 Å². The fraction of sp³-hybridized carbons (Fsp3) is 0.611. The van der Waals surface area contributed by atoms with Crippen LogP contribution in [0.2, 0.25) is 0 Å². The van der Waals surface area contributed by atoms with Crippen LogP contribution in [0.3, 0.4) is 0 Å². The Morgan fingerprint density at radius 3 is 2.71 bits per heavy atom. The van der Waals surface area contributed by atoms with Gasteiger partial charge >= 0.3 is 0 Å². The highest BCUT2D eigenvalue weighted by molar-refractivity contribution is 7.18. The number of para-hydroxylation sites is 1. The molecule has 2 rings (SSSR count). The quantitative estimate of drug-likeness (QED) is 0.612. The van der Waals surface area contributed by atoms with Gasteiger partial charge in [-0.3, -0.25) is 0 Å². The molecule has 0 amide bonds. The Labute approximate surface area is 133 Å². The molecule has 1 aromatic heterocycles. The first-order chi connectivity index (χ1) is 10.3. The molecule has 0 saturated carbocycles. The van der Waals surface area contributed by atoms with Crippen molar-refractivity contribution in [3.05, 3.63) is 29.3 Å². The van der Waals surface area contributed by atoms with E-state index in [-0.39, 0.29) is 0 Å². The molecule has 1 aromatic carbocycles. The SMILES string of the molecule is CCCCCCC(Cc1nc2ccccc2s1)NCCC. The summed E-state index contributed by atoms with van der Waals surface area (Å²) in [5.74, 6) is 0. The number of nitrogens with one attached hydrogen (secondary N) is 1. The Morgan fingerprint density at radius 2 is 1.95 bits per heavy atom. The average Bonchev–Trinajstić information content (AvgIpc) is 2.91. The standard InChI is InChI=1S/C18H28N2S/c1-3-5-6-7-10-15(19-13-4-2)14-18-20-16-11-8-9-12-17(16)21-18/h8-9,11-12,15,19H,3-7,10,13-14H2,1-2H3. The molecule has 1 heterocycles. The summed E-state index contributed by atoms with van der Waals surface area (Å²) in [5.41, 5.74) is 1.15. The number of benzene rings is 1. The maximum atomic E-state index is 4.78. The molecule has 0 fully saturated rings. The molecular formula is C18H28N2S. The molecule has 0 radical (unpaired) electrons. The highest BCUT2D eigenvalue weighted by Gasteiger charge is 2.12. The number of unbranched alkanes of at least 4 members (excludes halogenated alkanes) is 3. The minimum Gasteiger partial charge on any atom is -0.314 e. The van der Waals surface area contributed by atoms with Crippen molar-refractivity contribution in [1.29, 1.82) is 0 Å². The molecule has 0 aliphatic carbocycles. The van der Waals surface area contributed by atoms with E-state index >= 15 is 0 Å². The van der Waals surface area contributed by atoms with Crippen molar-refractivity contribution in [3.63, 3.8) is 0 Å². The summed E-state index contributed by atoms with van der Waals surface area (Å²) in [6.07, 6.45) is 8.92. The van der Waals surface area contributed by atoms with Crippen molar-refractivity contribution >= 4 is 21.6 Å². The van der Waals surface area contributed by atoms with Crippen LogP contribution >= 0.6 is 11.3 Å². The van der Waals surface area contributed by atoms with Gasteiger partial charge in [0.15, 0.2) is 0 Å². The Kier molecular flexibility index (Phi) is 7.17. The second-order valence-corrected chi connectivity index (χ2v) is 6.90. The topological polar surface area (TPSA) is 24.9 Å². The molecular weight excluding hydrogens is 276 g/mol. The lowest BCUT2D eigenvalue weighted by molar-refractivity contribution is 0.453. The van der Waals surface area contributed by atoms with Gasteiger partial charge in [0.25, 0.3) is 0 Å². The number of rotatable bonds is 10. The first-order valence-electron chi connectivity index (χ1n) is 8.41. The van der Waals surface area contributed by atoms with Gasteiger partial charge in [0, 0.05) is 12.5 Å². The summed E-state index contributed by atoms with van der Waals surface area (Å²) >= 11 is 1.85. The van der Waals surface area contributed by atoms with Crippen LogP contribution in [-0.4, -0.2) is 17.6 Å². The van der Waals surface area contributed by atoms with E-state index in [2.05, 4.69) is 43.4 Å². The molecule has 21 heavy (non-hydrogen) atoms. The van der Waals surface area contributed by atoms with Crippen LogP contribution in [0.4, 0.5) is 0 Å². The third kappa shape index (κ3) is 5.40. The second kappa shape index (κ2) is 9.16. The lowest BCUT2D eigenvalue weighted by Gasteiger charge is -2.17. The monoisotopic (exact) mass is 304 g/mol. The van der Waals surface area contributed by atoms with E-state index < -0.39 is 0 Å². The Bertz CT molecular complexity index is 488. The fourth-order valence-electron chi connectivity index (χ4n) is 2.66. The Hall–Kier alpha value is -0.930. The number of fused-ring (bicyclic) bond motifs is 1. The largest absolute Gasteiger partial charge is 0.314 e. The molecule has 2 aromatic rings. The summed E-state index contributed by atoms with van der Waals surface area (Å²) in [7, 11) is 0. The molecule has 2 nitrogen and oxygen atoms in total.